The van der Waals surface area contributed by atoms with Crippen LogP contribution in [0, 0.1) is 0 Å². The van der Waals surface area contributed by atoms with Crippen LogP contribution in [0.1, 0.15) is 12.8 Å². The van der Waals surface area contributed by atoms with Crippen LogP contribution in [0.5, 0.6) is 0 Å². The van der Waals surface area contributed by atoms with Gasteiger partial charge < -0.3 is 11.1 Å². The molecule has 0 aromatic rings. The molecule has 13 heavy (non-hydrogen) atoms. The molecule has 0 amide bonds. The van der Waals surface area contributed by atoms with E-state index in [0.717, 1.165) is 19.4 Å². The minimum absolute atomic E-state index is 0.473. The Morgan fingerprint density at radius 1 is 1.54 bits per heavy atom. The quantitative estimate of drug-likeness (QED) is 0.773. The van der Waals surface area contributed by atoms with Gasteiger partial charge in [-0.25, -0.2) is 0 Å². The summed E-state index contributed by atoms with van der Waals surface area (Å²) < 4.78 is 1.26. The van der Waals surface area contributed by atoms with E-state index in [9.17, 15) is 0 Å². The molecule has 0 aromatic heterocycles. The molecule has 70 valence electrons. The van der Waals surface area contributed by atoms with Crippen molar-refractivity contribution >= 4 is 15.9 Å². The predicted molar refractivity (Wildman–Crippen MR) is 58.4 cm³/mol. The van der Waals surface area contributed by atoms with Crippen molar-refractivity contribution in [3.05, 3.63) is 34.0 Å². The minimum atomic E-state index is 0.473. The summed E-state index contributed by atoms with van der Waals surface area (Å²) >= 11 is 3.51. The average molecular weight is 241 g/mol. The van der Waals surface area contributed by atoms with Crippen LogP contribution >= 0.6 is 15.9 Å². The molecule has 2 rings (SSSR count). The Bertz CT molecular complexity index is 302. The molecule has 0 saturated heterocycles. The van der Waals surface area contributed by atoms with Gasteiger partial charge in [0.15, 0.2) is 0 Å². The molecule has 3 heteroatoms. The van der Waals surface area contributed by atoms with Crippen LogP contribution in [-0.2, 0) is 0 Å². The highest BCUT2D eigenvalue weighted by molar-refractivity contribution is 9.11. The first-order valence-corrected chi connectivity index (χ1v) is 5.32. The van der Waals surface area contributed by atoms with E-state index in [0.29, 0.717) is 6.04 Å². The van der Waals surface area contributed by atoms with Gasteiger partial charge in [-0.2, -0.15) is 0 Å². The fourth-order valence-corrected chi connectivity index (χ4v) is 2.26. The Morgan fingerprint density at radius 2 is 2.38 bits per heavy atom. The summed E-state index contributed by atoms with van der Waals surface area (Å²) in [6, 6.07) is 0.473. The van der Waals surface area contributed by atoms with Crippen molar-refractivity contribution in [2.24, 2.45) is 5.73 Å². The highest BCUT2D eigenvalue weighted by atomic mass is 79.9. The molecule has 0 bridgehead atoms. The first-order valence-electron chi connectivity index (χ1n) is 4.53. The lowest BCUT2D eigenvalue weighted by atomic mass is 9.94. The number of fused-ring (bicyclic) bond motifs is 1. The monoisotopic (exact) mass is 240 g/mol. The third-order valence-corrected chi connectivity index (χ3v) is 3.05. The van der Waals surface area contributed by atoms with Crippen LogP contribution in [0.15, 0.2) is 34.0 Å². The molecule has 1 heterocycles. The zero-order chi connectivity index (χ0) is 9.26. The van der Waals surface area contributed by atoms with Gasteiger partial charge >= 0.3 is 0 Å². The third kappa shape index (κ3) is 1.71. The van der Waals surface area contributed by atoms with Crippen LogP contribution in [-0.4, -0.2) is 12.6 Å². The number of rotatable bonds is 2. The largest absolute Gasteiger partial charge is 0.383 e. The van der Waals surface area contributed by atoms with E-state index in [1.54, 1.807) is 0 Å². The maximum absolute atomic E-state index is 5.54. The predicted octanol–water partition coefficient (Wildman–Crippen LogP) is 1.80. The van der Waals surface area contributed by atoms with Crippen LogP contribution in [0.3, 0.4) is 0 Å². The second kappa shape index (κ2) is 3.68. The maximum Gasteiger partial charge on any atom is 0.0557 e. The highest BCUT2D eigenvalue weighted by Gasteiger charge is 2.24. The summed E-state index contributed by atoms with van der Waals surface area (Å²) in [7, 11) is 0. The van der Waals surface area contributed by atoms with Gasteiger partial charge in [-0.15, -0.1) is 0 Å². The first-order chi connectivity index (χ1) is 6.31. The van der Waals surface area contributed by atoms with Gasteiger partial charge in [-0.1, -0.05) is 28.1 Å². The van der Waals surface area contributed by atoms with Crippen molar-refractivity contribution in [2.75, 3.05) is 6.54 Å². The summed E-state index contributed by atoms with van der Waals surface area (Å²) in [4.78, 5) is 0. The average Bonchev–Trinajstić information content (AvgIpc) is 2.49. The van der Waals surface area contributed by atoms with E-state index in [1.807, 2.05) is 0 Å². The molecule has 0 spiro atoms. The summed E-state index contributed by atoms with van der Waals surface area (Å²) in [6.07, 6.45) is 8.43. The van der Waals surface area contributed by atoms with Gasteiger partial charge in [-0.3, -0.25) is 0 Å². The number of nitrogens with one attached hydrogen (secondary N) is 1. The van der Waals surface area contributed by atoms with E-state index in [1.165, 1.54) is 15.6 Å². The molecule has 2 aliphatic rings. The number of hydrogen-bond donors (Lipinski definition) is 2. The fraction of sp³-hybridized carbons (Fsp3) is 0.400. The van der Waals surface area contributed by atoms with Crippen LogP contribution in [0.25, 0.3) is 0 Å². The fourth-order valence-electron chi connectivity index (χ4n) is 1.81. The van der Waals surface area contributed by atoms with Gasteiger partial charge in [0.1, 0.15) is 0 Å². The lowest BCUT2D eigenvalue weighted by molar-refractivity contribution is 0.701. The van der Waals surface area contributed by atoms with E-state index in [-0.39, 0.29) is 0 Å². The van der Waals surface area contributed by atoms with E-state index >= 15 is 0 Å². The van der Waals surface area contributed by atoms with Gasteiger partial charge in [-0.05, 0) is 28.6 Å². The molecule has 1 aliphatic heterocycles. The molecule has 0 radical (unpaired) electrons. The topological polar surface area (TPSA) is 38.0 Å². The highest BCUT2D eigenvalue weighted by Crippen LogP contribution is 2.31. The van der Waals surface area contributed by atoms with Crippen molar-refractivity contribution in [3.63, 3.8) is 0 Å². The molecule has 0 aromatic carbocycles. The number of hydrogen-bond acceptors (Lipinski definition) is 2. The molecule has 1 unspecified atom stereocenters. The van der Waals surface area contributed by atoms with Gasteiger partial charge in [0.25, 0.3) is 0 Å². The Morgan fingerprint density at radius 3 is 3.15 bits per heavy atom. The lowest BCUT2D eigenvalue weighted by Gasteiger charge is -2.18. The van der Waals surface area contributed by atoms with Gasteiger partial charge in [0, 0.05) is 12.6 Å². The Balaban J connectivity index is 2.18. The second-order valence-electron chi connectivity index (χ2n) is 3.37. The van der Waals surface area contributed by atoms with E-state index in [2.05, 4.69) is 39.6 Å². The Hall–Kier alpha value is -0.540. The molecule has 2 nitrogen and oxygen atoms in total. The first kappa shape index (κ1) is 9.03. The van der Waals surface area contributed by atoms with E-state index in [4.69, 9.17) is 5.73 Å². The molecule has 0 fully saturated rings. The van der Waals surface area contributed by atoms with Crippen molar-refractivity contribution in [2.45, 2.75) is 18.9 Å². The van der Waals surface area contributed by atoms with Crippen molar-refractivity contribution in [3.8, 4) is 0 Å². The molecule has 1 aliphatic carbocycles. The smallest absolute Gasteiger partial charge is 0.0557 e. The van der Waals surface area contributed by atoms with Gasteiger partial charge in [0.05, 0.1) is 6.04 Å². The molecule has 1 atom stereocenters. The standard InChI is InChI=1S/C10H13BrN2/c11-8-1-2-9-7(3-4-12)6-13-10(9)5-8/h1-2,6,10,13H,3-5,12H2. The van der Waals surface area contributed by atoms with Crippen molar-refractivity contribution < 1.29 is 0 Å². The van der Waals surface area contributed by atoms with Gasteiger partial charge in [0.2, 0.25) is 0 Å². The summed E-state index contributed by atoms with van der Waals surface area (Å²) in [5, 5.41) is 3.37. The van der Waals surface area contributed by atoms with Crippen LogP contribution in [0.4, 0.5) is 0 Å². The Labute approximate surface area is 86.7 Å². The van der Waals surface area contributed by atoms with Crippen LogP contribution < -0.4 is 11.1 Å². The number of halogens is 1. The second-order valence-corrected chi connectivity index (χ2v) is 4.39. The zero-order valence-corrected chi connectivity index (χ0v) is 8.97. The molecular formula is C10H13BrN2. The normalized spacial score (nSPS) is 25.7. The maximum atomic E-state index is 5.54. The number of nitrogens with two attached hydrogens (primary N) is 1. The summed E-state index contributed by atoms with van der Waals surface area (Å²) in [5.41, 5.74) is 8.31. The molecule has 0 saturated carbocycles. The van der Waals surface area contributed by atoms with Crippen molar-refractivity contribution in [1.29, 1.82) is 0 Å². The summed E-state index contributed by atoms with van der Waals surface area (Å²) in [5.74, 6) is 0. The molecule has 3 N–H and O–H groups in total. The van der Waals surface area contributed by atoms with E-state index < -0.39 is 0 Å². The van der Waals surface area contributed by atoms with Crippen molar-refractivity contribution in [1.82, 2.24) is 5.32 Å². The number of allylic oxidation sites excluding steroid dienone is 2. The minimum Gasteiger partial charge on any atom is -0.383 e. The Kier molecular flexibility index (Phi) is 2.56. The van der Waals surface area contributed by atoms with Crippen LogP contribution in [0.2, 0.25) is 0 Å². The zero-order valence-electron chi connectivity index (χ0n) is 7.39. The third-order valence-electron chi connectivity index (χ3n) is 2.46. The lowest BCUT2D eigenvalue weighted by Crippen LogP contribution is -2.22. The summed E-state index contributed by atoms with van der Waals surface area (Å²) in [6.45, 7) is 0.725. The molecular weight excluding hydrogens is 228 g/mol. The SMILES string of the molecule is NCCC1=CNC2CC(Br)=CC=C12.